The van der Waals surface area contributed by atoms with Crippen molar-refractivity contribution < 1.29 is 18.3 Å². The summed E-state index contributed by atoms with van der Waals surface area (Å²) in [4.78, 5) is 11.9. The van der Waals surface area contributed by atoms with Gasteiger partial charge in [-0.15, -0.1) is 0 Å². The van der Waals surface area contributed by atoms with E-state index in [0.29, 0.717) is 6.61 Å². The largest absolute Gasteiger partial charge is 0.462 e. The maximum Gasteiger partial charge on any atom is 0.339 e. The highest BCUT2D eigenvalue weighted by atomic mass is 32.2. The molecule has 112 valence electrons. The fraction of sp³-hybridized carbons (Fsp3) is 0.533. The van der Waals surface area contributed by atoms with Crippen LogP contribution in [0.15, 0.2) is 29.2 Å². The normalized spacial score (nSPS) is 12.1. The fourth-order valence-electron chi connectivity index (χ4n) is 1.91. The Morgan fingerprint density at radius 3 is 2.50 bits per heavy atom. The van der Waals surface area contributed by atoms with E-state index in [4.69, 9.17) is 9.29 Å². The first-order valence-corrected chi connectivity index (χ1v) is 8.14. The number of carbonyl (C=O) groups excluding carboxylic acids is 1. The number of rotatable bonds is 9. The van der Waals surface area contributed by atoms with E-state index in [9.17, 15) is 9.00 Å². The highest BCUT2D eigenvalue weighted by molar-refractivity contribution is 7.79. The molecule has 1 aromatic carbocycles. The molecule has 0 aliphatic carbocycles. The van der Waals surface area contributed by atoms with Gasteiger partial charge in [-0.3, -0.25) is 0 Å². The summed E-state index contributed by atoms with van der Waals surface area (Å²) in [6, 6.07) is 6.23. The van der Waals surface area contributed by atoms with E-state index in [1.807, 2.05) is 0 Å². The van der Waals surface area contributed by atoms with Crippen molar-refractivity contribution in [1.82, 2.24) is 0 Å². The highest BCUT2D eigenvalue weighted by Gasteiger charge is 2.15. The van der Waals surface area contributed by atoms with Gasteiger partial charge in [-0.05, 0) is 18.6 Å². The molecule has 1 unspecified atom stereocenters. The Kier molecular flexibility index (Phi) is 8.14. The average molecular weight is 298 g/mol. The molecule has 1 atom stereocenters. The van der Waals surface area contributed by atoms with Crippen LogP contribution in [0.1, 0.15) is 55.8 Å². The first-order valence-electron chi connectivity index (χ1n) is 7.03. The predicted molar refractivity (Wildman–Crippen MR) is 79.1 cm³/mol. The second-order valence-corrected chi connectivity index (χ2v) is 5.59. The van der Waals surface area contributed by atoms with E-state index < -0.39 is 17.0 Å². The van der Waals surface area contributed by atoms with Gasteiger partial charge in [0.05, 0.1) is 17.1 Å². The first kappa shape index (κ1) is 16.9. The van der Waals surface area contributed by atoms with Crippen molar-refractivity contribution in [3.05, 3.63) is 29.8 Å². The Hall–Kier alpha value is -1.20. The van der Waals surface area contributed by atoms with Gasteiger partial charge < -0.3 is 9.29 Å². The zero-order valence-electron chi connectivity index (χ0n) is 11.8. The maximum absolute atomic E-state index is 11.8. The minimum absolute atomic E-state index is 0.0976. The number of benzene rings is 1. The van der Waals surface area contributed by atoms with Gasteiger partial charge >= 0.3 is 5.97 Å². The molecule has 4 nitrogen and oxygen atoms in total. The van der Waals surface area contributed by atoms with Crippen LogP contribution in [0.25, 0.3) is 0 Å². The van der Waals surface area contributed by atoms with E-state index in [-0.39, 0.29) is 10.5 Å². The molecule has 0 aliphatic rings. The van der Waals surface area contributed by atoms with Crippen LogP contribution in [0.3, 0.4) is 0 Å². The Balaban J connectivity index is 2.35. The van der Waals surface area contributed by atoms with E-state index in [0.717, 1.165) is 19.3 Å². The Morgan fingerprint density at radius 1 is 1.15 bits per heavy atom. The zero-order valence-corrected chi connectivity index (χ0v) is 12.7. The molecule has 0 fully saturated rings. The van der Waals surface area contributed by atoms with Crippen molar-refractivity contribution in [2.45, 2.75) is 50.3 Å². The van der Waals surface area contributed by atoms with Gasteiger partial charge in [0.2, 0.25) is 0 Å². The lowest BCUT2D eigenvalue weighted by molar-refractivity contribution is 0.0493. The van der Waals surface area contributed by atoms with E-state index in [2.05, 4.69) is 6.92 Å². The van der Waals surface area contributed by atoms with Gasteiger partial charge in [-0.25, -0.2) is 9.00 Å². The molecule has 0 amide bonds. The molecule has 0 bridgehead atoms. The van der Waals surface area contributed by atoms with Crippen LogP contribution in [-0.2, 0) is 15.8 Å². The summed E-state index contributed by atoms with van der Waals surface area (Å²) in [5.41, 5.74) is 0.166. The summed E-state index contributed by atoms with van der Waals surface area (Å²) in [5, 5.41) is 0. The quantitative estimate of drug-likeness (QED) is 0.428. The summed E-state index contributed by atoms with van der Waals surface area (Å²) in [5.74, 6) is -0.531. The third-order valence-corrected chi connectivity index (χ3v) is 3.76. The summed E-state index contributed by atoms with van der Waals surface area (Å²) >= 11 is -2.17. The van der Waals surface area contributed by atoms with Crippen LogP contribution < -0.4 is 0 Å². The van der Waals surface area contributed by atoms with Gasteiger partial charge in [-0.2, -0.15) is 0 Å². The van der Waals surface area contributed by atoms with Crippen LogP contribution in [-0.4, -0.2) is 21.3 Å². The molecule has 0 radical (unpaired) electrons. The van der Waals surface area contributed by atoms with Gasteiger partial charge in [0.15, 0.2) is 11.1 Å². The Morgan fingerprint density at radius 2 is 1.80 bits per heavy atom. The molecule has 1 rings (SSSR count). The second kappa shape index (κ2) is 9.66. The van der Waals surface area contributed by atoms with Gasteiger partial charge in [-0.1, -0.05) is 51.2 Å². The molecule has 20 heavy (non-hydrogen) atoms. The predicted octanol–water partition coefficient (Wildman–Crippen LogP) is 3.78. The van der Waals surface area contributed by atoms with Crippen molar-refractivity contribution in [2.75, 3.05) is 6.61 Å². The van der Waals surface area contributed by atoms with E-state index >= 15 is 0 Å². The van der Waals surface area contributed by atoms with Crippen molar-refractivity contribution >= 4 is 17.0 Å². The minimum atomic E-state index is -2.17. The Labute approximate surface area is 122 Å². The standard InChI is InChI=1S/C15H22O4S/c1-2-3-4-5-6-9-12-19-15(16)13-10-7-8-11-14(13)20(17)18/h7-8,10-11H,2-6,9,12H2,1H3,(H,17,18). The summed E-state index contributed by atoms with van der Waals surface area (Å²) in [6.45, 7) is 2.53. The topological polar surface area (TPSA) is 63.6 Å². The molecular formula is C15H22O4S. The smallest absolute Gasteiger partial charge is 0.339 e. The van der Waals surface area contributed by atoms with E-state index in [1.165, 1.54) is 31.4 Å². The van der Waals surface area contributed by atoms with Crippen molar-refractivity contribution in [2.24, 2.45) is 0 Å². The van der Waals surface area contributed by atoms with Crippen LogP contribution in [0.2, 0.25) is 0 Å². The summed E-state index contributed by atoms with van der Waals surface area (Å²) < 4.78 is 25.4. The molecule has 0 saturated carbocycles. The molecule has 0 spiro atoms. The van der Waals surface area contributed by atoms with Crippen LogP contribution in [0.4, 0.5) is 0 Å². The molecule has 1 aromatic rings. The lowest BCUT2D eigenvalue weighted by Gasteiger charge is -2.07. The van der Waals surface area contributed by atoms with Gasteiger partial charge in [0, 0.05) is 0 Å². The SMILES string of the molecule is CCCCCCCCOC(=O)c1ccccc1S(=O)O. The molecule has 0 saturated heterocycles. The second-order valence-electron chi connectivity index (χ2n) is 4.65. The first-order chi connectivity index (χ1) is 9.66. The molecule has 1 N–H and O–H groups in total. The number of ether oxygens (including phenoxy) is 1. The van der Waals surface area contributed by atoms with Crippen LogP contribution >= 0.6 is 0 Å². The molecule has 0 aromatic heterocycles. The number of hydrogen-bond acceptors (Lipinski definition) is 3. The maximum atomic E-state index is 11.8. The molecule has 5 heteroatoms. The fourth-order valence-corrected chi connectivity index (χ4v) is 2.45. The van der Waals surface area contributed by atoms with Gasteiger partial charge in [0.1, 0.15) is 0 Å². The molecular weight excluding hydrogens is 276 g/mol. The van der Waals surface area contributed by atoms with Crippen molar-refractivity contribution in [1.29, 1.82) is 0 Å². The van der Waals surface area contributed by atoms with Crippen molar-refractivity contribution in [3.8, 4) is 0 Å². The summed E-state index contributed by atoms with van der Waals surface area (Å²) in [6.07, 6.45) is 6.71. The number of hydrogen-bond donors (Lipinski definition) is 1. The highest BCUT2D eigenvalue weighted by Crippen LogP contribution is 2.14. The summed E-state index contributed by atoms with van der Waals surface area (Å²) in [7, 11) is 0. The Bertz CT molecular complexity index is 445. The monoisotopic (exact) mass is 298 g/mol. The van der Waals surface area contributed by atoms with E-state index in [1.54, 1.807) is 12.1 Å². The molecule has 0 aliphatic heterocycles. The van der Waals surface area contributed by atoms with Gasteiger partial charge in [0.25, 0.3) is 0 Å². The van der Waals surface area contributed by atoms with Crippen molar-refractivity contribution in [3.63, 3.8) is 0 Å². The third-order valence-electron chi connectivity index (χ3n) is 3.03. The van der Waals surface area contributed by atoms with Crippen LogP contribution in [0, 0.1) is 0 Å². The minimum Gasteiger partial charge on any atom is -0.462 e. The number of esters is 1. The number of carbonyl (C=O) groups is 1. The lowest BCUT2D eigenvalue weighted by atomic mass is 10.1. The number of unbranched alkanes of at least 4 members (excludes halogenated alkanes) is 5. The lowest BCUT2D eigenvalue weighted by Crippen LogP contribution is -2.10. The zero-order chi connectivity index (χ0) is 14.8. The third kappa shape index (κ3) is 5.84. The molecule has 0 heterocycles. The van der Waals surface area contributed by atoms with Crippen LogP contribution in [0.5, 0.6) is 0 Å². The average Bonchev–Trinajstić information content (AvgIpc) is 2.46.